The van der Waals surface area contributed by atoms with Gasteiger partial charge >= 0.3 is 0 Å². The molecule has 0 radical (unpaired) electrons. The first kappa shape index (κ1) is 21.7. The van der Waals surface area contributed by atoms with Gasteiger partial charge in [-0.25, -0.2) is 0 Å². The number of hydrogen-bond donors (Lipinski definition) is 1. The SMILES string of the molecule is CC[N+](C)(CC)CCN[C@@H](c1ccc(OC)c(OC)c1)C(Cl)(Cl)Cl. The fourth-order valence-electron chi connectivity index (χ4n) is 2.47. The van der Waals surface area contributed by atoms with Crippen LogP contribution < -0.4 is 14.8 Å². The number of likely N-dealkylation sites (N-methyl/N-ethyl adjacent to an activating group) is 1. The van der Waals surface area contributed by atoms with Gasteiger partial charge in [0.05, 0.1) is 46.9 Å². The highest BCUT2D eigenvalue weighted by Gasteiger charge is 2.34. The number of nitrogens with zero attached hydrogens (tertiary/aromatic N) is 1. The minimum atomic E-state index is -1.47. The van der Waals surface area contributed by atoms with Gasteiger partial charge in [0.25, 0.3) is 0 Å². The lowest BCUT2D eigenvalue weighted by atomic mass is 10.1. The molecule has 0 fully saturated rings. The van der Waals surface area contributed by atoms with Crippen molar-refractivity contribution >= 4 is 34.8 Å². The summed E-state index contributed by atoms with van der Waals surface area (Å²) in [6.45, 7) is 8.19. The van der Waals surface area contributed by atoms with Gasteiger partial charge in [-0.2, -0.15) is 0 Å². The Balaban J connectivity index is 2.95. The molecule has 0 aliphatic carbocycles. The van der Waals surface area contributed by atoms with Gasteiger partial charge in [-0.15, -0.1) is 0 Å². The highest BCUT2D eigenvalue weighted by atomic mass is 35.6. The molecule has 1 N–H and O–H groups in total. The Bertz CT molecular complexity index is 517. The summed E-state index contributed by atoms with van der Waals surface area (Å²) in [6, 6.07) is 5.10. The van der Waals surface area contributed by atoms with Crippen LogP contribution >= 0.6 is 34.8 Å². The van der Waals surface area contributed by atoms with E-state index in [0.717, 1.165) is 36.2 Å². The van der Waals surface area contributed by atoms with Crippen molar-refractivity contribution in [3.05, 3.63) is 23.8 Å². The summed E-state index contributed by atoms with van der Waals surface area (Å²) in [5.74, 6) is 1.25. The average molecular weight is 399 g/mol. The third-order valence-corrected chi connectivity index (χ3v) is 5.25. The van der Waals surface area contributed by atoms with Crippen LogP contribution in [0.3, 0.4) is 0 Å². The third-order valence-electron chi connectivity index (χ3n) is 4.60. The molecule has 0 unspecified atom stereocenters. The van der Waals surface area contributed by atoms with Crippen molar-refractivity contribution in [1.29, 1.82) is 0 Å². The van der Waals surface area contributed by atoms with E-state index >= 15 is 0 Å². The van der Waals surface area contributed by atoms with E-state index in [4.69, 9.17) is 44.3 Å². The summed E-state index contributed by atoms with van der Waals surface area (Å²) in [7, 11) is 5.41. The zero-order valence-corrected chi connectivity index (χ0v) is 17.3. The van der Waals surface area contributed by atoms with Crippen LogP contribution in [0.2, 0.25) is 0 Å². The lowest BCUT2D eigenvalue weighted by Crippen LogP contribution is -2.48. The van der Waals surface area contributed by atoms with Crippen LogP contribution in [0.15, 0.2) is 18.2 Å². The normalized spacial score (nSPS) is 13.7. The average Bonchev–Trinajstić information content (AvgIpc) is 2.56. The Morgan fingerprint density at radius 1 is 1.08 bits per heavy atom. The Morgan fingerprint density at radius 3 is 2.12 bits per heavy atom. The first-order chi connectivity index (χ1) is 11.2. The Kier molecular flexibility index (Phi) is 8.43. The van der Waals surface area contributed by atoms with Gasteiger partial charge in [-0.05, 0) is 31.5 Å². The molecule has 0 saturated heterocycles. The summed E-state index contributed by atoms with van der Waals surface area (Å²) in [5, 5.41) is 3.38. The zero-order chi connectivity index (χ0) is 18.4. The molecule has 4 nitrogen and oxygen atoms in total. The molecule has 0 aromatic heterocycles. The Labute approximate surface area is 160 Å². The number of methoxy groups -OCH3 is 2. The molecular weight excluding hydrogens is 371 g/mol. The molecule has 0 spiro atoms. The molecule has 24 heavy (non-hydrogen) atoms. The standard InChI is InChI=1S/C17H28Cl3N2O2/c1-6-22(3,7-2)11-10-21-16(17(18,19)20)13-8-9-14(23-4)15(12-13)24-5/h8-9,12,16,21H,6-7,10-11H2,1-5H3/q+1/t16-/m0/s1. The number of hydrogen-bond acceptors (Lipinski definition) is 3. The molecule has 0 saturated carbocycles. The van der Waals surface area contributed by atoms with Gasteiger partial charge in [-0.1, -0.05) is 40.9 Å². The second-order valence-corrected chi connectivity index (χ2v) is 8.39. The van der Waals surface area contributed by atoms with E-state index in [2.05, 4.69) is 26.2 Å². The predicted molar refractivity (Wildman–Crippen MR) is 103 cm³/mol. The van der Waals surface area contributed by atoms with E-state index in [1.807, 2.05) is 18.2 Å². The summed E-state index contributed by atoms with van der Waals surface area (Å²) in [6.07, 6.45) is 0. The topological polar surface area (TPSA) is 30.5 Å². The maximum Gasteiger partial charge on any atom is 0.209 e. The van der Waals surface area contributed by atoms with Crippen molar-refractivity contribution in [2.75, 3.05) is 47.4 Å². The summed E-state index contributed by atoms with van der Waals surface area (Å²) in [5.41, 5.74) is 0.842. The van der Waals surface area contributed by atoms with Crippen LogP contribution in [0.1, 0.15) is 25.5 Å². The van der Waals surface area contributed by atoms with Gasteiger partial charge in [0.1, 0.15) is 0 Å². The molecule has 0 bridgehead atoms. The van der Waals surface area contributed by atoms with E-state index in [1.54, 1.807) is 14.2 Å². The smallest absolute Gasteiger partial charge is 0.209 e. The molecule has 0 aliphatic rings. The fraction of sp³-hybridized carbons (Fsp3) is 0.647. The first-order valence-electron chi connectivity index (χ1n) is 8.06. The van der Waals surface area contributed by atoms with Gasteiger partial charge in [0.15, 0.2) is 11.5 Å². The number of halogens is 3. The Hall–Kier alpha value is -0.390. The van der Waals surface area contributed by atoms with Crippen LogP contribution in [0.25, 0.3) is 0 Å². The number of nitrogens with one attached hydrogen (secondary N) is 1. The summed E-state index contributed by atoms with van der Waals surface area (Å²) >= 11 is 18.6. The maximum absolute atomic E-state index is 6.21. The zero-order valence-electron chi connectivity index (χ0n) is 15.0. The second kappa shape index (κ2) is 9.35. The number of quaternary nitrogens is 1. The molecule has 0 aliphatic heterocycles. The third kappa shape index (κ3) is 5.85. The van der Waals surface area contributed by atoms with E-state index in [-0.39, 0.29) is 0 Å². The number of ether oxygens (including phenoxy) is 2. The van der Waals surface area contributed by atoms with Gasteiger partial charge in [-0.3, -0.25) is 0 Å². The van der Waals surface area contributed by atoms with E-state index < -0.39 is 9.83 Å². The van der Waals surface area contributed by atoms with Crippen LogP contribution in [0.5, 0.6) is 11.5 Å². The number of alkyl halides is 3. The molecule has 7 heteroatoms. The number of benzene rings is 1. The largest absolute Gasteiger partial charge is 0.493 e. The fourth-order valence-corrected chi connectivity index (χ4v) is 3.08. The first-order valence-corrected chi connectivity index (χ1v) is 9.19. The molecule has 1 aromatic rings. The summed E-state index contributed by atoms with van der Waals surface area (Å²) < 4.78 is 10.1. The van der Waals surface area contributed by atoms with Crippen molar-refractivity contribution in [1.82, 2.24) is 5.32 Å². The molecular formula is C17H28Cl3N2O2+. The number of rotatable bonds is 9. The highest BCUT2D eigenvalue weighted by Crippen LogP contribution is 2.41. The van der Waals surface area contributed by atoms with Gasteiger partial charge in [0.2, 0.25) is 3.79 Å². The molecule has 0 heterocycles. The maximum atomic E-state index is 6.21. The van der Waals surface area contributed by atoms with E-state index in [0.29, 0.717) is 11.5 Å². The van der Waals surface area contributed by atoms with Crippen molar-refractivity contribution in [2.45, 2.75) is 23.7 Å². The quantitative estimate of drug-likeness (QED) is 0.500. The predicted octanol–water partition coefficient (Wildman–Crippen LogP) is 4.19. The minimum Gasteiger partial charge on any atom is -0.493 e. The van der Waals surface area contributed by atoms with Crippen LogP contribution in [0.4, 0.5) is 0 Å². The van der Waals surface area contributed by atoms with Crippen LogP contribution in [-0.4, -0.2) is 55.7 Å². The molecule has 138 valence electrons. The molecule has 0 amide bonds. The Morgan fingerprint density at radius 2 is 1.67 bits per heavy atom. The van der Waals surface area contributed by atoms with Crippen molar-refractivity contribution in [3.8, 4) is 11.5 Å². The molecule has 1 rings (SSSR count). The monoisotopic (exact) mass is 397 g/mol. The van der Waals surface area contributed by atoms with Gasteiger partial charge in [0, 0.05) is 6.54 Å². The van der Waals surface area contributed by atoms with Crippen molar-refractivity contribution < 1.29 is 14.0 Å². The lowest BCUT2D eigenvalue weighted by molar-refractivity contribution is -0.905. The van der Waals surface area contributed by atoms with Crippen LogP contribution in [-0.2, 0) is 0 Å². The van der Waals surface area contributed by atoms with E-state index in [1.165, 1.54) is 0 Å². The minimum absolute atomic E-state index is 0.440. The highest BCUT2D eigenvalue weighted by molar-refractivity contribution is 6.68. The molecule has 1 aromatic carbocycles. The van der Waals surface area contributed by atoms with Crippen molar-refractivity contribution in [3.63, 3.8) is 0 Å². The summed E-state index contributed by atoms with van der Waals surface area (Å²) in [4.78, 5) is 0. The second-order valence-electron chi connectivity index (χ2n) is 6.02. The van der Waals surface area contributed by atoms with Gasteiger partial charge < -0.3 is 19.3 Å². The van der Waals surface area contributed by atoms with E-state index in [9.17, 15) is 0 Å². The van der Waals surface area contributed by atoms with Crippen molar-refractivity contribution in [2.24, 2.45) is 0 Å². The van der Waals surface area contributed by atoms with Crippen LogP contribution in [0, 0.1) is 0 Å². The molecule has 1 atom stereocenters. The lowest BCUT2D eigenvalue weighted by Gasteiger charge is -2.34.